The monoisotopic (exact) mass is 519 g/mol. The normalized spacial score (nSPS) is 28.6. The number of aliphatic imine (C=N–C) groups is 1. The highest BCUT2D eigenvalue weighted by molar-refractivity contribution is 6.09. The molecule has 0 bridgehead atoms. The number of amides is 2. The van der Waals surface area contributed by atoms with Crippen molar-refractivity contribution in [2.75, 3.05) is 50.0 Å². The summed E-state index contributed by atoms with van der Waals surface area (Å²) in [4.78, 5) is 40.8. The summed E-state index contributed by atoms with van der Waals surface area (Å²) in [5, 5.41) is 6.48. The number of anilines is 2. The lowest BCUT2D eigenvalue weighted by Gasteiger charge is -2.48. The van der Waals surface area contributed by atoms with Crippen LogP contribution in [0.5, 0.6) is 0 Å². The molecule has 2 unspecified atom stereocenters. The van der Waals surface area contributed by atoms with E-state index in [1.807, 2.05) is 18.2 Å². The SMILES string of the molecule is CC(C)N1CCN(c2ccc(NC3N=CC4=C(N3C)N(C3CCCC3)C(=O)C3(CCNC3=O)C4)cc2)CC1. The van der Waals surface area contributed by atoms with Crippen LogP contribution >= 0.6 is 0 Å². The molecule has 204 valence electrons. The Morgan fingerprint density at radius 3 is 2.39 bits per heavy atom. The number of piperazine rings is 1. The number of hydrogen-bond donors (Lipinski definition) is 2. The first-order valence-electron chi connectivity index (χ1n) is 14.3. The van der Waals surface area contributed by atoms with Crippen molar-refractivity contribution >= 4 is 29.4 Å². The third-order valence-corrected chi connectivity index (χ3v) is 9.24. The van der Waals surface area contributed by atoms with E-state index in [0.29, 0.717) is 25.4 Å². The maximum atomic E-state index is 14.0. The molecule has 1 aromatic carbocycles. The molecular weight excluding hydrogens is 478 g/mol. The van der Waals surface area contributed by atoms with Crippen LogP contribution in [0.1, 0.15) is 52.4 Å². The van der Waals surface area contributed by atoms with E-state index < -0.39 is 5.41 Å². The highest BCUT2D eigenvalue weighted by Crippen LogP contribution is 2.46. The van der Waals surface area contributed by atoms with E-state index in [2.05, 4.69) is 63.4 Å². The van der Waals surface area contributed by atoms with Crippen molar-refractivity contribution < 1.29 is 9.59 Å². The third-order valence-electron chi connectivity index (χ3n) is 9.24. The van der Waals surface area contributed by atoms with Gasteiger partial charge in [0.1, 0.15) is 11.2 Å². The molecule has 4 heterocycles. The zero-order chi connectivity index (χ0) is 26.4. The molecule has 1 aromatic rings. The molecule has 2 saturated heterocycles. The van der Waals surface area contributed by atoms with Crippen LogP contribution in [-0.2, 0) is 9.59 Å². The predicted octanol–water partition coefficient (Wildman–Crippen LogP) is 2.82. The molecule has 38 heavy (non-hydrogen) atoms. The van der Waals surface area contributed by atoms with Crippen LogP contribution in [0.3, 0.4) is 0 Å². The summed E-state index contributed by atoms with van der Waals surface area (Å²) in [6.07, 6.45) is 6.77. The molecule has 1 saturated carbocycles. The third kappa shape index (κ3) is 4.25. The van der Waals surface area contributed by atoms with Gasteiger partial charge in [-0.15, -0.1) is 0 Å². The van der Waals surface area contributed by atoms with Gasteiger partial charge in [0.2, 0.25) is 11.8 Å². The van der Waals surface area contributed by atoms with Gasteiger partial charge in [-0.25, -0.2) is 4.99 Å². The largest absolute Gasteiger partial charge is 0.369 e. The van der Waals surface area contributed by atoms with Gasteiger partial charge in [0, 0.05) is 81.4 Å². The Labute approximate surface area is 225 Å². The Bertz CT molecular complexity index is 1130. The van der Waals surface area contributed by atoms with Crippen molar-refractivity contribution in [1.82, 2.24) is 20.0 Å². The Hall–Kier alpha value is -3.07. The number of nitrogens with one attached hydrogen (secondary N) is 2. The quantitative estimate of drug-likeness (QED) is 0.583. The van der Waals surface area contributed by atoms with E-state index in [4.69, 9.17) is 4.99 Å². The fraction of sp³-hybridized carbons (Fsp3) is 0.621. The standard InChI is InChI=1S/C29H41N7O2/c1-20(2)34-14-16-35(17-15-34)23-10-8-22(9-11-23)32-28-31-19-21-18-29(12-13-30-26(29)37)27(38)36(25(21)33(28)3)24-6-4-5-7-24/h8-11,19-20,24,28,32H,4-7,12-18H2,1-3H3,(H,30,37). The smallest absolute Gasteiger partial charge is 0.244 e. The number of carbonyl (C=O) groups excluding carboxylic acids is 2. The van der Waals surface area contributed by atoms with Crippen molar-refractivity contribution in [2.24, 2.45) is 10.4 Å². The number of benzene rings is 1. The first-order valence-corrected chi connectivity index (χ1v) is 14.3. The highest BCUT2D eigenvalue weighted by Gasteiger charge is 2.57. The molecule has 1 spiro atoms. The lowest BCUT2D eigenvalue weighted by atomic mass is 9.75. The average molecular weight is 520 g/mol. The average Bonchev–Trinajstić information content (AvgIpc) is 3.58. The summed E-state index contributed by atoms with van der Waals surface area (Å²) in [5.74, 6) is 0.763. The minimum Gasteiger partial charge on any atom is -0.369 e. The molecule has 1 aliphatic carbocycles. The van der Waals surface area contributed by atoms with E-state index in [0.717, 1.165) is 68.9 Å². The van der Waals surface area contributed by atoms with E-state index in [1.54, 1.807) is 0 Å². The summed E-state index contributed by atoms with van der Waals surface area (Å²) >= 11 is 0. The molecule has 3 fully saturated rings. The molecule has 0 radical (unpaired) electrons. The van der Waals surface area contributed by atoms with E-state index >= 15 is 0 Å². The van der Waals surface area contributed by atoms with Crippen molar-refractivity contribution in [3.05, 3.63) is 35.7 Å². The zero-order valence-electron chi connectivity index (χ0n) is 22.9. The van der Waals surface area contributed by atoms with Gasteiger partial charge >= 0.3 is 0 Å². The number of carbonyl (C=O) groups is 2. The molecule has 9 nitrogen and oxygen atoms in total. The topological polar surface area (TPSA) is 83.5 Å². The second kappa shape index (κ2) is 9.91. The molecule has 4 aliphatic heterocycles. The number of rotatable bonds is 5. The van der Waals surface area contributed by atoms with Gasteiger partial charge in [0.15, 0.2) is 6.29 Å². The van der Waals surface area contributed by atoms with Gasteiger partial charge in [0.25, 0.3) is 0 Å². The Morgan fingerprint density at radius 1 is 1.05 bits per heavy atom. The van der Waals surface area contributed by atoms with Crippen molar-refractivity contribution in [2.45, 2.75) is 70.7 Å². The highest BCUT2D eigenvalue weighted by atomic mass is 16.2. The van der Waals surface area contributed by atoms with E-state index in [9.17, 15) is 9.59 Å². The van der Waals surface area contributed by atoms with Gasteiger partial charge in [-0.05, 0) is 57.4 Å². The van der Waals surface area contributed by atoms with Crippen LogP contribution in [0.25, 0.3) is 0 Å². The van der Waals surface area contributed by atoms with E-state index in [-0.39, 0.29) is 24.1 Å². The predicted molar refractivity (Wildman–Crippen MR) is 150 cm³/mol. The maximum Gasteiger partial charge on any atom is 0.244 e. The molecule has 5 aliphatic rings. The van der Waals surface area contributed by atoms with Gasteiger partial charge < -0.3 is 20.4 Å². The summed E-state index contributed by atoms with van der Waals surface area (Å²) in [6, 6.07) is 9.34. The van der Waals surface area contributed by atoms with E-state index in [1.165, 1.54) is 5.69 Å². The van der Waals surface area contributed by atoms with Crippen LogP contribution in [0.15, 0.2) is 40.7 Å². The second-order valence-corrected chi connectivity index (χ2v) is 11.8. The number of nitrogens with zero attached hydrogens (tertiary/aromatic N) is 5. The van der Waals surface area contributed by atoms with Crippen molar-refractivity contribution in [3.8, 4) is 0 Å². The summed E-state index contributed by atoms with van der Waals surface area (Å²) in [7, 11) is 2.01. The van der Waals surface area contributed by atoms with Gasteiger partial charge in [-0.1, -0.05) is 12.8 Å². The molecule has 0 aromatic heterocycles. The van der Waals surface area contributed by atoms with Crippen LogP contribution in [0.4, 0.5) is 11.4 Å². The lowest BCUT2D eigenvalue weighted by Crippen LogP contribution is -2.59. The van der Waals surface area contributed by atoms with Crippen LogP contribution in [-0.4, -0.2) is 90.9 Å². The molecule has 2 amide bonds. The fourth-order valence-electron chi connectivity index (χ4n) is 6.93. The van der Waals surface area contributed by atoms with Crippen LogP contribution < -0.4 is 15.5 Å². The zero-order valence-corrected chi connectivity index (χ0v) is 22.9. The summed E-state index contributed by atoms with van der Waals surface area (Å²) < 4.78 is 0. The minimum absolute atomic E-state index is 0.0269. The first-order chi connectivity index (χ1) is 18.4. The Kier molecular flexibility index (Phi) is 6.58. The second-order valence-electron chi connectivity index (χ2n) is 11.8. The lowest BCUT2D eigenvalue weighted by molar-refractivity contribution is -0.151. The van der Waals surface area contributed by atoms with Gasteiger partial charge in [0.05, 0.1) is 0 Å². The number of hydrogen-bond acceptors (Lipinski definition) is 7. The van der Waals surface area contributed by atoms with Crippen LogP contribution in [0, 0.1) is 5.41 Å². The number of allylic oxidation sites excluding steroid dienone is 1. The van der Waals surface area contributed by atoms with Crippen molar-refractivity contribution in [1.29, 1.82) is 0 Å². The summed E-state index contributed by atoms with van der Waals surface area (Å²) in [5.41, 5.74) is 2.25. The maximum absolute atomic E-state index is 14.0. The molecular formula is C29H41N7O2. The first kappa shape index (κ1) is 25.2. The Balaban J connectivity index is 1.19. The van der Waals surface area contributed by atoms with Gasteiger partial charge in [-0.3, -0.25) is 19.4 Å². The van der Waals surface area contributed by atoms with Gasteiger partial charge in [-0.2, -0.15) is 0 Å². The fourth-order valence-corrected chi connectivity index (χ4v) is 6.93. The molecule has 2 N–H and O–H groups in total. The van der Waals surface area contributed by atoms with Crippen LogP contribution in [0.2, 0.25) is 0 Å². The summed E-state index contributed by atoms with van der Waals surface area (Å²) in [6.45, 7) is 9.36. The van der Waals surface area contributed by atoms with Crippen molar-refractivity contribution in [3.63, 3.8) is 0 Å². The molecule has 6 rings (SSSR count). The molecule has 2 atom stereocenters. The minimum atomic E-state index is -0.981. The Morgan fingerprint density at radius 2 is 1.76 bits per heavy atom. The molecule has 9 heteroatoms.